The van der Waals surface area contributed by atoms with Crippen molar-refractivity contribution in [3.8, 4) is 0 Å². The van der Waals surface area contributed by atoms with Crippen LogP contribution in [-0.4, -0.2) is 11.0 Å². The van der Waals surface area contributed by atoms with Gasteiger partial charge in [-0.3, -0.25) is 0 Å². The van der Waals surface area contributed by atoms with Gasteiger partial charge in [-0.2, -0.15) is 4.98 Å². The summed E-state index contributed by atoms with van der Waals surface area (Å²) in [7, 11) is 0. The van der Waals surface area contributed by atoms with Crippen LogP contribution in [-0.2, 0) is 0 Å². The number of nitrogen functional groups attached to an aromatic ring is 1. The lowest BCUT2D eigenvalue weighted by molar-refractivity contribution is 0.562. The molecule has 92 valence electrons. The Bertz CT molecular complexity index is 492. The highest BCUT2D eigenvalue weighted by molar-refractivity contribution is 5.86. The molecule has 0 amide bonds. The van der Waals surface area contributed by atoms with Crippen LogP contribution in [0.25, 0.3) is 11.1 Å². The van der Waals surface area contributed by atoms with Crippen molar-refractivity contribution in [2.45, 2.75) is 39.2 Å². The van der Waals surface area contributed by atoms with E-state index in [1.807, 2.05) is 18.2 Å². The number of aromatic nitrogens is 1. The zero-order valence-electron chi connectivity index (χ0n) is 10.4. The summed E-state index contributed by atoms with van der Waals surface area (Å²) in [6.45, 7) is 4.33. The van der Waals surface area contributed by atoms with Crippen molar-refractivity contribution in [2.75, 3.05) is 11.1 Å². The number of para-hydroxylation sites is 1. The number of fused-ring (bicyclic) bond motifs is 1. The quantitative estimate of drug-likeness (QED) is 0.777. The van der Waals surface area contributed by atoms with Crippen molar-refractivity contribution in [1.29, 1.82) is 0 Å². The van der Waals surface area contributed by atoms with Gasteiger partial charge in [0.05, 0.1) is 5.69 Å². The van der Waals surface area contributed by atoms with Crippen molar-refractivity contribution < 1.29 is 4.42 Å². The molecule has 4 nitrogen and oxygen atoms in total. The van der Waals surface area contributed by atoms with E-state index in [2.05, 4.69) is 24.1 Å². The third-order valence-corrected chi connectivity index (χ3v) is 2.91. The molecule has 0 fully saturated rings. The Hall–Kier alpha value is -1.71. The maximum absolute atomic E-state index is 5.84. The molecule has 2 rings (SSSR count). The van der Waals surface area contributed by atoms with Gasteiger partial charge in [0.2, 0.25) is 0 Å². The van der Waals surface area contributed by atoms with E-state index in [-0.39, 0.29) is 0 Å². The first kappa shape index (κ1) is 11.8. The Labute approximate surface area is 101 Å². The molecule has 0 aliphatic heterocycles. The number of rotatable bonds is 5. The van der Waals surface area contributed by atoms with E-state index in [0.717, 1.165) is 30.4 Å². The van der Waals surface area contributed by atoms with Gasteiger partial charge in [0.15, 0.2) is 5.58 Å². The molecule has 1 unspecified atom stereocenters. The average molecular weight is 233 g/mol. The maximum Gasteiger partial charge on any atom is 0.295 e. The fourth-order valence-electron chi connectivity index (χ4n) is 1.93. The third-order valence-electron chi connectivity index (χ3n) is 2.91. The van der Waals surface area contributed by atoms with Crippen molar-refractivity contribution >= 4 is 22.8 Å². The Morgan fingerprint density at radius 1 is 1.41 bits per heavy atom. The van der Waals surface area contributed by atoms with Crippen LogP contribution in [0.15, 0.2) is 22.6 Å². The van der Waals surface area contributed by atoms with Crippen LogP contribution in [0, 0.1) is 0 Å². The van der Waals surface area contributed by atoms with E-state index < -0.39 is 0 Å². The van der Waals surface area contributed by atoms with Gasteiger partial charge in [-0.1, -0.05) is 26.3 Å². The molecule has 0 aliphatic rings. The first-order chi connectivity index (χ1) is 8.24. The number of nitrogens with zero attached hydrogens (tertiary/aromatic N) is 1. The van der Waals surface area contributed by atoms with E-state index in [4.69, 9.17) is 10.2 Å². The molecule has 4 heteroatoms. The molecule has 1 atom stereocenters. The van der Waals surface area contributed by atoms with Gasteiger partial charge in [-0.25, -0.2) is 0 Å². The lowest BCUT2D eigenvalue weighted by atomic mass is 10.1. The summed E-state index contributed by atoms with van der Waals surface area (Å²) >= 11 is 0. The van der Waals surface area contributed by atoms with Gasteiger partial charge < -0.3 is 15.5 Å². The number of hydrogen-bond acceptors (Lipinski definition) is 4. The summed E-state index contributed by atoms with van der Waals surface area (Å²) in [5.74, 6) is 0. The highest BCUT2D eigenvalue weighted by Crippen LogP contribution is 2.24. The number of nitrogens with two attached hydrogens (primary N) is 1. The van der Waals surface area contributed by atoms with E-state index in [0.29, 0.717) is 17.7 Å². The minimum Gasteiger partial charge on any atom is -0.423 e. The molecule has 1 aromatic carbocycles. The summed E-state index contributed by atoms with van der Waals surface area (Å²) in [5.41, 5.74) is 7.97. The van der Waals surface area contributed by atoms with Crippen LogP contribution in [0.2, 0.25) is 0 Å². The van der Waals surface area contributed by atoms with Crippen molar-refractivity contribution in [3.05, 3.63) is 18.2 Å². The lowest BCUT2D eigenvalue weighted by Crippen LogP contribution is -2.17. The predicted octanol–water partition coefficient (Wildman–Crippen LogP) is 3.40. The number of anilines is 2. The van der Waals surface area contributed by atoms with Crippen LogP contribution in [0.4, 0.5) is 11.7 Å². The van der Waals surface area contributed by atoms with Crippen LogP contribution in [0.3, 0.4) is 0 Å². The second-order valence-corrected chi connectivity index (χ2v) is 4.25. The zero-order valence-corrected chi connectivity index (χ0v) is 10.4. The first-order valence-corrected chi connectivity index (χ1v) is 6.16. The zero-order chi connectivity index (χ0) is 12.3. The van der Waals surface area contributed by atoms with Gasteiger partial charge in [0.1, 0.15) is 5.52 Å². The number of benzene rings is 1. The predicted molar refractivity (Wildman–Crippen MR) is 71.0 cm³/mol. The summed E-state index contributed by atoms with van der Waals surface area (Å²) < 4.78 is 5.63. The first-order valence-electron chi connectivity index (χ1n) is 6.16. The average Bonchev–Trinajstić information content (AvgIpc) is 2.72. The molecule has 1 heterocycles. The van der Waals surface area contributed by atoms with Gasteiger partial charge in [-0.15, -0.1) is 0 Å². The van der Waals surface area contributed by atoms with Crippen LogP contribution in [0.5, 0.6) is 0 Å². The minimum atomic E-state index is 0.411. The Kier molecular flexibility index (Phi) is 3.52. The van der Waals surface area contributed by atoms with Crippen LogP contribution < -0.4 is 11.1 Å². The van der Waals surface area contributed by atoms with E-state index >= 15 is 0 Å². The normalized spacial score (nSPS) is 12.8. The fraction of sp³-hybridized carbons (Fsp3) is 0.462. The van der Waals surface area contributed by atoms with Crippen LogP contribution >= 0.6 is 0 Å². The summed E-state index contributed by atoms with van der Waals surface area (Å²) in [5, 5.41) is 3.31. The highest BCUT2D eigenvalue weighted by Gasteiger charge is 2.11. The molecule has 3 N–H and O–H groups in total. The fourth-order valence-corrected chi connectivity index (χ4v) is 1.93. The topological polar surface area (TPSA) is 64.1 Å². The molecule has 0 radical (unpaired) electrons. The number of nitrogens with one attached hydrogen (secondary N) is 1. The molecular formula is C13H19N3O. The van der Waals surface area contributed by atoms with Gasteiger partial charge in [-0.05, 0) is 25.0 Å². The number of hydrogen-bond donors (Lipinski definition) is 2. The lowest BCUT2D eigenvalue weighted by Gasteiger charge is -2.13. The highest BCUT2D eigenvalue weighted by atomic mass is 16.4. The van der Waals surface area contributed by atoms with Crippen LogP contribution in [0.1, 0.15) is 33.1 Å². The third kappa shape index (κ3) is 2.52. The minimum absolute atomic E-state index is 0.411. The Balaban J connectivity index is 2.21. The summed E-state index contributed by atoms with van der Waals surface area (Å²) in [6.07, 6.45) is 3.32. The van der Waals surface area contributed by atoms with E-state index in [9.17, 15) is 0 Å². The SMILES string of the molecule is CCCC(CC)Nc1nc2c(N)cccc2o1. The molecule has 0 spiro atoms. The Morgan fingerprint density at radius 3 is 2.88 bits per heavy atom. The Morgan fingerprint density at radius 2 is 2.24 bits per heavy atom. The van der Waals surface area contributed by atoms with Gasteiger partial charge in [0.25, 0.3) is 6.01 Å². The molecule has 0 bridgehead atoms. The van der Waals surface area contributed by atoms with E-state index in [1.165, 1.54) is 0 Å². The summed E-state index contributed by atoms with van der Waals surface area (Å²) in [6, 6.07) is 6.56. The molecule has 0 saturated carbocycles. The summed E-state index contributed by atoms with van der Waals surface area (Å²) in [4.78, 5) is 4.38. The monoisotopic (exact) mass is 233 g/mol. The smallest absolute Gasteiger partial charge is 0.295 e. The van der Waals surface area contributed by atoms with Crippen molar-refractivity contribution in [2.24, 2.45) is 0 Å². The van der Waals surface area contributed by atoms with Crippen molar-refractivity contribution in [1.82, 2.24) is 4.98 Å². The second-order valence-electron chi connectivity index (χ2n) is 4.25. The largest absolute Gasteiger partial charge is 0.423 e. The molecular weight excluding hydrogens is 214 g/mol. The van der Waals surface area contributed by atoms with Gasteiger partial charge >= 0.3 is 0 Å². The number of oxazole rings is 1. The molecule has 0 saturated heterocycles. The molecule has 2 aromatic rings. The standard InChI is InChI=1S/C13H19N3O/c1-3-6-9(4-2)15-13-16-12-10(14)7-5-8-11(12)17-13/h5,7-9H,3-4,6,14H2,1-2H3,(H,15,16). The molecule has 1 aromatic heterocycles. The van der Waals surface area contributed by atoms with Gasteiger partial charge in [0, 0.05) is 6.04 Å². The maximum atomic E-state index is 5.84. The van der Waals surface area contributed by atoms with E-state index in [1.54, 1.807) is 0 Å². The molecule has 17 heavy (non-hydrogen) atoms. The second kappa shape index (κ2) is 5.08. The molecule has 0 aliphatic carbocycles. The van der Waals surface area contributed by atoms with Crippen molar-refractivity contribution in [3.63, 3.8) is 0 Å².